The molecule has 5 nitrogen and oxygen atoms in total. The molecule has 0 aliphatic heterocycles. The maximum absolute atomic E-state index is 9.64. The Bertz CT molecular complexity index is 3310. The third-order valence-electron chi connectivity index (χ3n) is 11.2. The second-order valence-electron chi connectivity index (χ2n) is 14.6. The second kappa shape index (κ2) is 13.6. The molecule has 0 saturated carbocycles. The zero-order valence-corrected chi connectivity index (χ0v) is 31.3. The van der Waals surface area contributed by atoms with Gasteiger partial charge in [0, 0.05) is 49.6 Å². The highest BCUT2D eigenvalue weighted by Gasteiger charge is 2.17. The van der Waals surface area contributed by atoms with Crippen LogP contribution in [0.15, 0.2) is 200 Å². The first-order valence-corrected chi connectivity index (χ1v) is 19.4. The summed E-state index contributed by atoms with van der Waals surface area (Å²) in [5, 5.41) is 14.2. The van der Waals surface area contributed by atoms with E-state index in [1.54, 1.807) is 0 Å². The molecular formula is C53H33N5. The lowest BCUT2D eigenvalue weighted by Crippen LogP contribution is -1.96. The SMILES string of the molecule is N#Cc1ccc2c(c1)c1ccccc1n2-c1ccc2c(c1)c1ccccc1n2-c1ccc(-c2ccc(-c3cc(-c4ccccc4)nc(-c4ccccc4)n3)cc2)cc1. The fraction of sp³-hybridized carbons (Fsp3) is 0. The van der Waals surface area contributed by atoms with Crippen molar-refractivity contribution in [1.29, 1.82) is 5.26 Å². The van der Waals surface area contributed by atoms with Crippen molar-refractivity contribution < 1.29 is 0 Å². The average molecular weight is 740 g/mol. The number of aromatic nitrogens is 4. The van der Waals surface area contributed by atoms with Gasteiger partial charge < -0.3 is 9.13 Å². The molecule has 0 fully saturated rings. The normalized spacial score (nSPS) is 11.4. The van der Waals surface area contributed by atoms with Gasteiger partial charge in [-0.3, -0.25) is 0 Å². The molecule has 11 aromatic rings. The zero-order valence-electron chi connectivity index (χ0n) is 31.3. The number of benzene rings is 8. The number of hydrogen-bond acceptors (Lipinski definition) is 3. The van der Waals surface area contributed by atoms with Gasteiger partial charge in [-0.15, -0.1) is 0 Å². The van der Waals surface area contributed by atoms with Crippen LogP contribution in [0.1, 0.15) is 5.56 Å². The monoisotopic (exact) mass is 739 g/mol. The van der Waals surface area contributed by atoms with Gasteiger partial charge in [0.1, 0.15) is 0 Å². The first-order chi connectivity index (χ1) is 28.7. The first kappa shape index (κ1) is 33.3. The van der Waals surface area contributed by atoms with Crippen LogP contribution in [0.2, 0.25) is 0 Å². The van der Waals surface area contributed by atoms with Crippen molar-refractivity contribution in [3.8, 4) is 62.5 Å². The fourth-order valence-corrected chi connectivity index (χ4v) is 8.40. The minimum atomic E-state index is 0.662. The summed E-state index contributed by atoms with van der Waals surface area (Å²) in [5.41, 5.74) is 14.5. The Hall–Kier alpha value is -8.07. The highest BCUT2D eigenvalue weighted by molar-refractivity contribution is 6.12. The maximum Gasteiger partial charge on any atom is 0.160 e. The molecule has 0 spiro atoms. The van der Waals surface area contributed by atoms with Crippen molar-refractivity contribution in [3.05, 3.63) is 206 Å². The van der Waals surface area contributed by atoms with Gasteiger partial charge in [0.2, 0.25) is 0 Å². The molecule has 58 heavy (non-hydrogen) atoms. The lowest BCUT2D eigenvalue weighted by Gasteiger charge is -2.12. The molecule has 0 unspecified atom stereocenters. The molecule has 0 atom stereocenters. The molecule has 270 valence electrons. The molecule has 0 amide bonds. The fourth-order valence-electron chi connectivity index (χ4n) is 8.40. The van der Waals surface area contributed by atoms with Gasteiger partial charge in [-0.25, -0.2) is 9.97 Å². The van der Waals surface area contributed by atoms with Crippen LogP contribution in [0.25, 0.3) is 100 Å². The van der Waals surface area contributed by atoms with E-state index in [1.807, 2.05) is 48.5 Å². The van der Waals surface area contributed by atoms with Crippen molar-refractivity contribution in [3.63, 3.8) is 0 Å². The lowest BCUT2D eigenvalue weighted by molar-refractivity contribution is 1.16. The van der Waals surface area contributed by atoms with Crippen molar-refractivity contribution in [2.45, 2.75) is 0 Å². The van der Waals surface area contributed by atoms with E-state index in [0.717, 1.165) is 83.4 Å². The van der Waals surface area contributed by atoms with Crippen LogP contribution in [0.3, 0.4) is 0 Å². The van der Waals surface area contributed by atoms with Crippen molar-refractivity contribution in [2.75, 3.05) is 0 Å². The molecule has 0 saturated heterocycles. The van der Waals surface area contributed by atoms with E-state index < -0.39 is 0 Å². The van der Waals surface area contributed by atoms with Crippen LogP contribution >= 0.6 is 0 Å². The summed E-state index contributed by atoms with van der Waals surface area (Å²) >= 11 is 0. The molecule has 0 aliphatic carbocycles. The van der Waals surface area contributed by atoms with E-state index in [-0.39, 0.29) is 0 Å². The Morgan fingerprint density at radius 2 is 0.793 bits per heavy atom. The third-order valence-corrected chi connectivity index (χ3v) is 11.2. The molecule has 8 aromatic carbocycles. The molecule has 0 bridgehead atoms. The number of nitriles is 1. The number of nitrogens with zero attached hydrogens (tertiary/aromatic N) is 5. The molecule has 0 N–H and O–H groups in total. The van der Waals surface area contributed by atoms with Gasteiger partial charge >= 0.3 is 0 Å². The number of hydrogen-bond donors (Lipinski definition) is 0. The molecular weight excluding hydrogens is 707 g/mol. The van der Waals surface area contributed by atoms with E-state index in [9.17, 15) is 5.26 Å². The van der Waals surface area contributed by atoms with Crippen molar-refractivity contribution >= 4 is 43.6 Å². The minimum Gasteiger partial charge on any atom is -0.309 e. The van der Waals surface area contributed by atoms with E-state index in [4.69, 9.17) is 9.97 Å². The number of para-hydroxylation sites is 2. The van der Waals surface area contributed by atoms with Gasteiger partial charge in [0.25, 0.3) is 0 Å². The Balaban J connectivity index is 0.954. The summed E-state index contributed by atoms with van der Waals surface area (Å²) < 4.78 is 4.67. The summed E-state index contributed by atoms with van der Waals surface area (Å²) in [4.78, 5) is 9.97. The topological polar surface area (TPSA) is 59.4 Å². The van der Waals surface area contributed by atoms with Gasteiger partial charge in [0.05, 0.1) is 45.1 Å². The second-order valence-corrected chi connectivity index (χ2v) is 14.6. The molecule has 3 heterocycles. The Morgan fingerprint density at radius 1 is 0.345 bits per heavy atom. The molecule has 5 heteroatoms. The summed E-state index contributed by atoms with van der Waals surface area (Å²) in [6.07, 6.45) is 0. The molecule has 3 aromatic heterocycles. The van der Waals surface area contributed by atoms with E-state index >= 15 is 0 Å². The lowest BCUT2D eigenvalue weighted by atomic mass is 10.0. The van der Waals surface area contributed by atoms with Crippen LogP contribution in [0, 0.1) is 11.3 Å². The summed E-state index contributed by atoms with van der Waals surface area (Å²) in [7, 11) is 0. The summed E-state index contributed by atoms with van der Waals surface area (Å²) in [5.74, 6) is 0.708. The van der Waals surface area contributed by atoms with Crippen molar-refractivity contribution in [1.82, 2.24) is 19.1 Å². The third kappa shape index (κ3) is 5.55. The number of fused-ring (bicyclic) bond motifs is 6. The Morgan fingerprint density at radius 3 is 1.41 bits per heavy atom. The molecule has 11 rings (SSSR count). The first-order valence-electron chi connectivity index (χ1n) is 19.4. The average Bonchev–Trinajstić information content (AvgIpc) is 3.81. The van der Waals surface area contributed by atoms with Gasteiger partial charge in [0.15, 0.2) is 5.82 Å². The van der Waals surface area contributed by atoms with Gasteiger partial charge in [-0.05, 0) is 77.9 Å². The van der Waals surface area contributed by atoms with Gasteiger partial charge in [-0.1, -0.05) is 133 Å². The Labute approximate surface area is 335 Å². The highest BCUT2D eigenvalue weighted by atomic mass is 15.0. The summed E-state index contributed by atoms with van der Waals surface area (Å²) in [6, 6.07) is 72.1. The standard InChI is InChI=1S/C53H33N5/c54-34-35-19-29-51-45(31-35)43-15-7-10-18-50(43)58(51)42-28-30-52-46(32-42)44-16-8-9-17-49(44)57(52)41-26-24-37(25-27-41)36-20-22-39(23-21-36)48-33-47(38-11-3-1-4-12-38)55-53(56-48)40-13-5-2-6-14-40/h1-33H. The van der Waals surface area contributed by atoms with Crippen molar-refractivity contribution in [2.24, 2.45) is 0 Å². The highest BCUT2D eigenvalue weighted by Crippen LogP contribution is 2.38. The largest absolute Gasteiger partial charge is 0.309 e. The van der Waals surface area contributed by atoms with E-state index in [1.165, 1.54) is 10.8 Å². The number of rotatable bonds is 6. The maximum atomic E-state index is 9.64. The minimum absolute atomic E-state index is 0.662. The predicted octanol–water partition coefficient (Wildman–Crippen LogP) is 13.2. The molecule has 0 aliphatic rings. The van der Waals surface area contributed by atoms with Crippen LogP contribution < -0.4 is 0 Å². The summed E-state index contributed by atoms with van der Waals surface area (Å²) in [6.45, 7) is 0. The smallest absolute Gasteiger partial charge is 0.160 e. The van der Waals surface area contributed by atoms with Crippen LogP contribution in [0.5, 0.6) is 0 Å². The van der Waals surface area contributed by atoms with Gasteiger partial charge in [-0.2, -0.15) is 5.26 Å². The Kier molecular flexibility index (Phi) is 7.80. The van der Waals surface area contributed by atoms with Crippen LogP contribution in [-0.4, -0.2) is 19.1 Å². The van der Waals surface area contributed by atoms with Crippen LogP contribution in [0.4, 0.5) is 0 Å². The predicted molar refractivity (Wildman–Crippen MR) is 237 cm³/mol. The zero-order chi connectivity index (χ0) is 38.6. The molecule has 0 radical (unpaired) electrons. The van der Waals surface area contributed by atoms with Crippen LogP contribution in [-0.2, 0) is 0 Å². The van der Waals surface area contributed by atoms with E-state index in [2.05, 4.69) is 167 Å². The quantitative estimate of drug-likeness (QED) is 0.171. The van der Waals surface area contributed by atoms with E-state index in [0.29, 0.717) is 11.4 Å².